The van der Waals surface area contributed by atoms with Crippen molar-refractivity contribution in [3.8, 4) is 17.2 Å². The highest BCUT2D eigenvalue weighted by atomic mass is 32.2. The Kier molecular flexibility index (Phi) is 12.5. The zero-order chi connectivity index (χ0) is 32.3. The number of sulfonamides is 1. The van der Waals surface area contributed by atoms with Gasteiger partial charge in [0, 0.05) is 18.7 Å². The molecule has 0 unspecified atom stereocenters. The molecule has 1 N–H and O–H groups in total. The molecule has 0 heterocycles. The molecule has 238 valence electrons. The van der Waals surface area contributed by atoms with E-state index in [0.29, 0.717) is 30.9 Å². The lowest BCUT2D eigenvalue weighted by Crippen LogP contribution is -2.54. The van der Waals surface area contributed by atoms with Gasteiger partial charge < -0.3 is 24.4 Å². The summed E-state index contributed by atoms with van der Waals surface area (Å²) in [5.41, 5.74) is 1.25. The van der Waals surface area contributed by atoms with E-state index in [1.807, 2.05) is 58.0 Å². The van der Waals surface area contributed by atoms with Crippen molar-refractivity contribution >= 4 is 27.5 Å². The van der Waals surface area contributed by atoms with E-state index < -0.39 is 28.5 Å². The first kappa shape index (κ1) is 34.2. The van der Waals surface area contributed by atoms with Crippen LogP contribution in [0.5, 0.6) is 17.2 Å². The highest BCUT2D eigenvalue weighted by Gasteiger charge is 2.34. The number of benzene rings is 3. The van der Waals surface area contributed by atoms with Crippen molar-refractivity contribution in [1.82, 2.24) is 10.2 Å². The zero-order valence-corrected chi connectivity index (χ0v) is 27.1. The topological polar surface area (TPSA) is 114 Å². The van der Waals surface area contributed by atoms with Gasteiger partial charge in [0.15, 0.2) is 11.5 Å². The summed E-state index contributed by atoms with van der Waals surface area (Å²) in [6, 6.07) is 19.5. The highest BCUT2D eigenvalue weighted by Crippen LogP contribution is 2.33. The molecule has 1 atom stereocenters. The summed E-state index contributed by atoms with van der Waals surface area (Å²) in [4.78, 5) is 28.8. The Hall–Kier alpha value is -4.25. The van der Waals surface area contributed by atoms with Gasteiger partial charge in [-0.1, -0.05) is 37.3 Å². The lowest BCUT2D eigenvalue weighted by atomic mass is 10.1. The van der Waals surface area contributed by atoms with Gasteiger partial charge in [0.05, 0.1) is 31.4 Å². The molecule has 0 radical (unpaired) electrons. The number of rotatable bonds is 16. The van der Waals surface area contributed by atoms with Gasteiger partial charge in [0.1, 0.15) is 18.3 Å². The van der Waals surface area contributed by atoms with E-state index in [0.717, 1.165) is 9.87 Å². The van der Waals surface area contributed by atoms with Gasteiger partial charge in [0.25, 0.3) is 10.0 Å². The van der Waals surface area contributed by atoms with Crippen molar-refractivity contribution in [2.24, 2.45) is 0 Å². The van der Waals surface area contributed by atoms with E-state index in [9.17, 15) is 18.0 Å². The second-order valence-electron chi connectivity index (χ2n) is 10.4. The Labute approximate surface area is 261 Å². The SMILES string of the molecule is CCOc1ccc(N(CC(=O)N(CCc2ccccc2)[C@@H](CC)C(=O)NC(C)C)S(=O)(=O)c2ccc(OC)c(OC)c2)cc1. The van der Waals surface area contributed by atoms with E-state index in [2.05, 4.69) is 5.32 Å². The summed E-state index contributed by atoms with van der Waals surface area (Å²) in [5.74, 6) is 0.354. The molecule has 0 fully saturated rings. The van der Waals surface area contributed by atoms with Crippen LogP contribution < -0.4 is 23.8 Å². The Morgan fingerprint density at radius 3 is 2.11 bits per heavy atom. The fourth-order valence-electron chi connectivity index (χ4n) is 4.78. The summed E-state index contributed by atoms with van der Waals surface area (Å²) in [5, 5.41) is 2.91. The van der Waals surface area contributed by atoms with Gasteiger partial charge in [0.2, 0.25) is 11.8 Å². The second kappa shape index (κ2) is 16.0. The largest absolute Gasteiger partial charge is 0.494 e. The minimum absolute atomic E-state index is 0.0859. The fraction of sp³-hybridized carbons (Fsp3) is 0.394. The number of amides is 2. The number of ether oxygens (including phenoxy) is 3. The van der Waals surface area contributed by atoms with Crippen molar-refractivity contribution < 1.29 is 32.2 Å². The second-order valence-corrected chi connectivity index (χ2v) is 12.2. The van der Waals surface area contributed by atoms with Crippen molar-refractivity contribution in [2.75, 3.05) is 38.2 Å². The Balaban J connectivity index is 2.07. The van der Waals surface area contributed by atoms with Crippen molar-refractivity contribution in [1.29, 1.82) is 0 Å². The lowest BCUT2D eigenvalue weighted by molar-refractivity contribution is -0.139. The summed E-state index contributed by atoms with van der Waals surface area (Å²) in [7, 11) is -1.42. The number of hydrogen-bond acceptors (Lipinski definition) is 7. The van der Waals surface area contributed by atoms with Crippen molar-refractivity contribution in [3.63, 3.8) is 0 Å². The van der Waals surface area contributed by atoms with Crippen LogP contribution in [0.2, 0.25) is 0 Å². The molecule has 3 aromatic rings. The molecule has 0 spiro atoms. The number of nitrogens with one attached hydrogen (secondary N) is 1. The van der Waals surface area contributed by atoms with Gasteiger partial charge in [-0.2, -0.15) is 0 Å². The van der Waals surface area contributed by atoms with Crippen molar-refractivity contribution in [3.05, 3.63) is 78.4 Å². The van der Waals surface area contributed by atoms with Gasteiger partial charge >= 0.3 is 0 Å². The van der Waals surface area contributed by atoms with Gasteiger partial charge in [-0.05, 0) is 75.6 Å². The van der Waals surface area contributed by atoms with Crippen LogP contribution in [0.3, 0.4) is 0 Å². The Morgan fingerprint density at radius 2 is 1.55 bits per heavy atom. The van der Waals surface area contributed by atoms with E-state index in [1.165, 1.54) is 37.3 Å². The van der Waals surface area contributed by atoms with Crippen LogP contribution in [0, 0.1) is 0 Å². The fourth-order valence-corrected chi connectivity index (χ4v) is 6.21. The van der Waals surface area contributed by atoms with Crippen LogP contribution in [-0.4, -0.2) is 71.1 Å². The van der Waals surface area contributed by atoms with E-state index in [4.69, 9.17) is 14.2 Å². The maximum atomic E-state index is 14.2. The van der Waals surface area contributed by atoms with E-state index in [-0.39, 0.29) is 34.8 Å². The van der Waals surface area contributed by atoms with Crippen LogP contribution in [0.25, 0.3) is 0 Å². The van der Waals surface area contributed by atoms with Crippen LogP contribution in [0.1, 0.15) is 39.7 Å². The minimum Gasteiger partial charge on any atom is -0.494 e. The summed E-state index contributed by atoms with van der Waals surface area (Å²) in [6.07, 6.45) is 0.841. The summed E-state index contributed by atoms with van der Waals surface area (Å²) in [6.45, 7) is 7.51. The summed E-state index contributed by atoms with van der Waals surface area (Å²) >= 11 is 0. The molecule has 0 saturated carbocycles. The Morgan fingerprint density at radius 1 is 0.886 bits per heavy atom. The molecule has 11 heteroatoms. The standard InChI is InChI=1S/C33H43N3O7S/c1-7-29(33(38)34-24(3)4)35(21-20-25-12-10-9-11-13-25)32(37)23-36(26-14-16-27(17-15-26)43-8-2)44(39,40)28-18-19-30(41-5)31(22-28)42-6/h9-19,22,24,29H,7-8,20-21,23H2,1-6H3,(H,34,38)/t29-/m0/s1. The van der Waals surface area contributed by atoms with Crippen LogP contribution in [0.4, 0.5) is 5.69 Å². The first-order valence-corrected chi connectivity index (χ1v) is 16.1. The maximum absolute atomic E-state index is 14.2. The quantitative estimate of drug-likeness (QED) is 0.246. The average Bonchev–Trinajstić information content (AvgIpc) is 3.02. The van der Waals surface area contributed by atoms with Crippen LogP contribution >= 0.6 is 0 Å². The molecule has 0 aliphatic carbocycles. The number of methoxy groups -OCH3 is 2. The molecule has 10 nitrogen and oxygen atoms in total. The molecule has 0 aliphatic rings. The molecule has 44 heavy (non-hydrogen) atoms. The monoisotopic (exact) mass is 625 g/mol. The molecule has 2 amide bonds. The Bertz CT molecular complexity index is 1480. The number of anilines is 1. The maximum Gasteiger partial charge on any atom is 0.264 e. The summed E-state index contributed by atoms with van der Waals surface area (Å²) < 4.78 is 45.7. The third-order valence-corrected chi connectivity index (χ3v) is 8.73. The molecule has 0 saturated heterocycles. The number of nitrogens with zero attached hydrogens (tertiary/aromatic N) is 2. The third-order valence-electron chi connectivity index (χ3n) is 6.96. The lowest BCUT2D eigenvalue weighted by Gasteiger charge is -2.33. The van der Waals surface area contributed by atoms with Crippen molar-refractivity contribution in [2.45, 2.75) is 57.5 Å². The molecular formula is C33H43N3O7S. The molecule has 0 aliphatic heterocycles. The average molecular weight is 626 g/mol. The number of hydrogen-bond donors (Lipinski definition) is 1. The first-order valence-electron chi connectivity index (χ1n) is 14.7. The third kappa shape index (κ3) is 8.66. The first-order chi connectivity index (χ1) is 21.0. The normalized spacial score (nSPS) is 11.9. The molecule has 0 aromatic heterocycles. The molecule has 3 rings (SSSR count). The van der Waals surface area contributed by atoms with Crippen LogP contribution in [-0.2, 0) is 26.0 Å². The van der Waals surface area contributed by atoms with Gasteiger partial charge in [-0.15, -0.1) is 0 Å². The van der Waals surface area contributed by atoms with Gasteiger partial charge in [-0.25, -0.2) is 8.42 Å². The number of carbonyl (C=O) groups is 2. The highest BCUT2D eigenvalue weighted by molar-refractivity contribution is 7.92. The predicted octanol–water partition coefficient (Wildman–Crippen LogP) is 4.67. The van der Waals surface area contributed by atoms with E-state index in [1.54, 1.807) is 24.3 Å². The minimum atomic E-state index is -4.30. The van der Waals surface area contributed by atoms with E-state index >= 15 is 0 Å². The zero-order valence-electron chi connectivity index (χ0n) is 26.3. The van der Waals surface area contributed by atoms with Crippen LogP contribution in [0.15, 0.2) is 77.7 Å². The predicted molar refractivity (Wildman–Crippen MR) is 171 cm³/mol. The smallest absolute Gasteiger partial charge is 0.264 e. The number of carbonyl (C=O) groups excluding carboxylic acids is 2. The van der Waals surface area contributed by atoms with Gasteiger partial charge in [-0.3, -0.25) is 13.9 Å². The molecule has 3 aromatic carbocycles. The molecule has 0 bridgehead atoms. The molecular weight excluding hydrogens is 582 g/mol.